The van der Waals surface area contributed by atoms with E-state index in [4.69, 9.17) is 8.85 Å². The number of hydrogen-bond donors (Lipinski definition) is 0. The highest BCUT2D eigenvalue weighted by atomic mass is 28.4. The van der Waals surface area contributed by atoms with Crippen LogP contribution in [0.5, 0.6) is 0 Å². The minimum Gasteiger partial charge on any atom is -0.392 e. The number of unbranched alkanes of at least 4 members (excludes halogenated alkanes) is 3. The molecule has 0 aromatic rings. The molecule has 0 amide bonds. The molecule has 0 N–H and O–H groups in total. The molecule has 0 heterocycles. The van der Waals surface area contributed by atoms with Crippen LogP contribution in [0.25, 0.3) is 0 Å². The third-order valence-corrected chi connectivity index (χ3v) is 8.84. The average Bonchev–Trinajstić information content (AvgIpc) is 2.87. The summed E-state index contributed by atoms with van der Waals surface area (Å²) in [5.74, 6) is 0. The van der Waals surface area contributed by atoms with E-state index in [1.165, 1.54) is 57.4 Å². The molecule has 20 heavy (non-hydrogen) atoms. The van der Waals surface area contributed by atoms with Crippen molar-refractivity contribution in [2.24, 2.45) is 0 Å². The van der Waals surface area contributed by atoms with Gasteiger partial charge in [-0.05, 0) is 46.6 Å². The quantitative estimate of drug-likeness (QED) is 0.375. The fraction of sp³-hybridized carbons (Fsp3) is 1.00. The normalized spacial score (nSPS) is 17.6. The van der Waals surface area contributed by atoms with Gasteiger partial charge in [0.1, 0.15) is 0 Å². The molecular formula is C17H36O2Si. The summed E-state index contributed by atoms with van der Waals surface area (Å²) < 4.78 is 13.1. The van der Waals surface area contributed by atoms with Crippen molar-refractivity contribution < 1.29 is 8.85 Å². The van der Waals surface area contributed by atoms with E-state index in [9.17, 15) is 0 Å². The van der Waals surface area contributed by atoms with Gasteiger partial charge in [0.2, 0.25) is 0 Å². The lowest BCUT2D eigenvalue weighted by molar-refractivity contribution is 0.0956. The minimum absolute atomic E-state index is 0.298. The molecule has 2 nitrogen and oxygen atoms in total. The third kappa shape index (κ3) is 5.86. The van der Waals surface area contributed by atoms with Gasteiger partial charge in [0.15, 0.2) is 0 Å². The fourth-order valence-corrected chi connectivity index (χ4v) is 8.21. The zero-order chi connectivity index (χ0) is 15.0. The predicted octanol–water partition coefficient (Wildman–Crippen LogP) is 5.80. The van der Waals surface area contributed by atoms with Gasteiger partial charge in [0.25, 0.3) is 0 Å². The molecule has 0 bridgehead atoms. The summed E-state index contributed by atoms with van der Waals surface area (Å²) in [6.45, 7) is 11.0. The van der Waals surface area contributed by atoms with Gasteiger partial charge >= 0.3 is 8.56 Å². The van der Waals surface area contributed by atoms with E-state index >= 15 is 0 Å². The Bertz CT molecular complexity index is 237. The highest BCUT2D eigenvalue weighted by Gasteiger charge is 2.47. The number of rotatable bonds is 10. The Labute approximate surface area is 127 Å². The lowest BCUT2D eigenvalue weighted by Gasteiger charge is -2.39. The number of hydrogen-bond acceptors (Lipinski definition) is 2. The second-order valence-electron chi connectivity index (χ2n) is 6.94. The zero-order valence-corrected chi connectivity index (χ0v) is 15.4. The minimum atomic E-state index is -2.04. The molecule has 0 aromatic carbocycles. The molecule has 120 valence electrons. The van der Waals surface area contributed by atoms with Crippen molar-refractivity contribution in [3.8, 4) is 0 Å². The standard InChI is InChI=1S/C17H36O2Si/c1-6-7-8-11-14-20(18-15(2)3,19-16(4)5)17-12-9-10-13-17/h15-17H,6-14H2,1-5H3. The van der Waals surface area contributed by atoms with E-state index in [2.05, 4.69) is 34.6 Å². The van der Waals surface area contributed by atoms with Crippen LogP contribution in [-0.4, -0.2) is 20.8 Å². The molecule has 1 aliphatic rings. The van der Waals surface area contributed by atoms with Crippen LogP contribution < -0.4 is 0 Å². The highest BCUT2D eigenvalue weighted by molar-refractivity contribution is 6.69. The van der Waals surface area contributed by atoms with Crippen LogP contribution in [0.4, 0.5) is 0 Å². The lowest BCUT2D eigenvalue weighted by atomic mass is 10.2. The van der Waals surface area contributed by atoms with Crippen molar-refractivity contribution in [2.75, 3.05) is 0 Å². The predicted molar refractivity (Wildman–Crippen MR) is 89.4 cm³/mol. The van der Waals surface area contributed by atoms with Gasteiger partial charge in [0, 0.05) is 17.7 Å². The maximum Gasteiger partial charge on any atom is 0.341 e. The maximum atomic E-state index is 6.53. The van der Waals surface area contributed by atoms with E-state index in [0.29, 0.717) is 12.2 Å². The first kappa shape index (κ1) is 18.2. The molecule has 0 radical (unpaired) electrons. The van der Waals surface area contributed by atoms with Crippen molar-refractivity contribution in [3.05, 3.63) is 0 Å². The first-order chi connectivity index (χ1) is 9.50. The van der Waals surface area contributed by atoms with Gasteiger partial charge < -0.3 is 8.85 Å². The van der Waals surface area contributed by atoms with Gasteiger partial charge in [-0.15, -0.1) is 0 Å². The Morgan fingerprint density at radius 2 is 1.45 bits per heavy atom. The highest BCUT2D eigenvalue weighted by Crippen LogP contribution is 2.43. The van der Waals surface area contributed by atoms with E-state index in [-0.39, 0.29) is 0 Å². The molecule has 0 aromatic heterocycles. The zero-order valence-electron chi connectivity index (χ0n) is 14.4. The molecule has 1 saturated carbocycles. The molecule has 0 saturated heterocycles. The lowest BCUT2D eigenvalue weighted by Crippen LogP contribution is -2.49. The summed E-state index contributed by atoms with van der Waals surface area (Å²) >= 11 is 0. The summed E-state index contributed by atoms with van der Waals surface area (Å²) in [7, 11) is -2.04. The molecule has 0 unspecified atom stereocenters. The maximum absolute atomic E-state index is 6.53. The molecule has 0 atom stereocenters. The topological polar surface area (TPSA) is 18.5 Å². The fourth-order valence-electron chi connectivity index (χ4n) is 3.50. The van der Waals surface area contributed by atoms with Crippen LogP contribution in [0.1, 0.15) is 86.0 Å². The molecular weight excluding hydrogens is 264 g/mol. The van der Waals surface area contributed by atoms with Crippen LogP contribution in [0.3, 0.4) is 0 Å². The first-order valence-corrected chi connectivity index (χ1v) is 11.0. The van der Waals surface area contributed by atoms with Crippen molar-refractivity contribution in [3.63, 3.8) is 0 Å². The largest absolute Gasteiger partial charge is 0.392 e. The molecule has 3 heteroatoms. The van der Waals surface area contributed by atoms with Crippen LogP contribution in [0.2, 0.25) is 11.6 Å². The van der Waals surface area contributed by atoms with Gasteiger partial charge in [-0.25, -0.2) is 0 Å². The van der Waals surface area contributed by atoms with E-state index in [0.717, 1.165) is 5.54 Å². The van der Waals surface area contributed by atoms with Gasteiger partial charge in [-0.1, -0.05) is 45.4 Å². The summed E-state index contributed by atoms with van der Waals surface area (Å²) in [6, 6.07) is 1.20. The van der Waals surface area contributed by atoms with Crippen molar-refractivity contribution in [2.45, 2.75) is 110 Å². The second-order valence-corrected chi connectivity index (χ2v) is 10.3. The van der Waals surface area contributed by atoms with Crippen molar-refractivity contribution in [1.29, 1.82) is 0 Å². The van der Waals surface area contributed by atoms with E-state index < -0.39 is 8.56 Å². The Hall–Kier alpha value is 0.137. The summed E-state index contributed by atoms with van der Waals surface area (Å²) in [6.07, 6.45) is 11.3. The summed E-state index contributed by atoms with van der Waals surface area (Å²) in [5, 5.41) is 0. The first-order valence-electron chi connectivity index (χ1n) is 8.85. The SMILES string of the molecule is CCCCCC[Si](OC(C)C)(OC(C)C)C1CCCC1. The smallest absolute Gasteiger partial charge is 0.341 e. The monoisotopic (exact) mass is 300 g/mol. The van der Waals surface area contributed by atoms with Gasteiger partial charge in [-0.3, -0.25) is 0 Å². The second kappa shape index (κ2) is 9.21. The third-order valence-electron chi connectivity index (χ3n) is 4.23. The molecule has 0 spiro atoms. The Kier molecular flexibility index (Phi) is 8.38. The van der Waals surface area contributed by atoms with Crippen molar-refractivity contribution in [1.82, 2.24) is 0 Å². The molecule has 1 fully saturated rings. The summed E-state index contributed by atoms with van der Waals surface area (Å²) in [4.78, 5) is 0. The Balaban J connectivity index is 2.74. The van der Waals surface area contributed by atoms with Crippen LogP contribution >= 0.6 is 0 Å². The summed E-state index contributed by atoms with van der Waals surface area (Å²) in [5.41, 5.74) is 0.730. The van der Waals surface area contributed by atoms with E-state index in [1.807, 2.05) is 0 Å². The molecule has 0 aliphatic heterocycles. The molecule has 1 aliphatic carbocycles. The Morgan fingerprint density at radius 3 is 1.90 bits per heavy atom. The van der Waals surface area contributed by atoms with Gasteiger partial charge in [0.05, 0.1) is 0 Å². The molecule has 1 rings (SSSR count). The van der Waals surface area contributed by atoms with E-state index in [1.54, 1.807) is 0 Å². The van der Waals surface area contributed by atoms with Crippen molar-refractivity contribution >= 4 is 8.56 Å². The average molecular weight is 301 g/mol. The Morgan fingerprint density at radius 1 is 0.900 bits per heavy atom. The van der Waals surface area contributed by atoms with Gasteiger partial charge in [-0.2, -0.15) is 0 Å². The van der Waals surface area contributed by atoms with Crippen LogP contribution in [-0.2, 0) is 8.85 Å². The van der Waals surface area contributed by atoms with Crippen LogP contribution in [0.15, 0.2) is 0 Å². The van der Waals surface area contributed by atoms with Crippen LogP contribution in [0, 0.1) is 0 Å².